The van der Waals surface area contributed by atoms with Crippen molar-refractivity contribution in [1.82, 2.24) is 4.90 Å². The van der Waals surface area contributed by atoms with Gasteiger partial charge in [0.05, 0.1) is 12.3 Å². The van der Waals surface area contributed by atoms with Gasteiger partial charge in [0.25, 0.3) is 0 Å². The summed E-state index contributed by atoms with van der Waals surface area (Å²) < 4.78 is 5.36. The van der Waals surface area contributed by atoms with Crippen LogP contribution in [0.15, 0.2) is 22.8 Å². The van der Waals surface area contributed by atoms with Gasteiger partial charge in [-0.1, -0.05) is 19.3 Å². The van der Waals surface area contributed by atoms with Gasteiger partial charge in [0.15, 0.2) is 0 Å². The number of amides is 1. The molecule has 1 aliphatic carbocycles. The third-order valence-electron chi connectivity index (χ3n) is 4.12. The molecule has 0 aromatic carbocycles. The molecule has 2 rings (SSSR count). The Bertz CT molecular complexity index is 366. The van der Waals surface area contributed by atoms with Crippen molar-refractivity contribution in [2.45, 2.75) is 51.5 Å². The summed E-state index contributed by atoms with van der Waals surface area (Å²) in [6, 6.07) is 3.82. The van der Waals surface area contributed by atoms with Crippen LogP contribution in [0.25, 0.3) is 0 Å². The number of hydrogen-bond acceptors (Lipinski definition) is 2. The van der Waals surface area contributed by atoms with Crippen LogP contribution in [0, 0.1) is 5.92 Å². The Labute approximate surface area is 109 Å². The largest absolute Gasteiger partial charge is 0.467 e. The number of furan rings is 1. The Hall–Kier alpha value is -1.25. The summed E-state index contributed by atoms with van der Waals surface area (Å²) >= 11 is 0. The lowest BCUT2D eigenvalue weighted by atomic mass is 9.86. The lowest BCUT2D eigenvalue weighted by Gasteiger charge is -2.27. The summed E-state index contributed by atoms with van der Waals surface area (Å²) in [5, 5.41) is 0. The lowest BCUT2D eigenvalue weighted by Crippen LogP contribution is -2.31. The maximum absolute atomic E-state index is 12.2. The van der Waals surface area contributed by atoms with E-state index in [1.54, 1.807) is 6.26 Å². The average molecular weight is 249 g/mol. The van der Waals surface area contributed by atoms with Gasteiger partial charge in [0.1, 0.15) is 5.76 Å². The lowest BCUT2D eigenvalue weighted by molar-refractivity contribution is -0.133. The molecule has 3 nitrogen and oxygen atoms in total. The first-order chi connectivity index (χ1) is 8.68. The van der Waals surface area contributed by atoms with E-state index in [2.05, 4.69) is 0 Å². The summed E-state index contributed by atoms with van der Waals surface area (Å²) in [6.45, 7) is 2.01. The number of carbonyl (C=O) groups is 1. The van der Waals surface area contributed by atoms with E-state index < -0.39 is 0 Å². The van der Waals surface area contributed by atoms with Crippen molar-refractivity contribution in [3.8, 4) is 0 Å². The van der Waals surface area contributed by atoms with Gasteiger partial charge in [-0.25, -0.2) is 0 Å². The van der Waals surface area contributed by atoms with Crippen LogP contribution in [0.2, 0.25) is 0 Å². The number of carbonyl (C=O) groups excluding carboxylic acids is 1. The van der Waals surface area contributed by atoms with Crippen LogP contribution in [0.3, 0.4) is 0 Å². The van der Waals surface area contributed by atoms with E-state index >= 15 is 0 Å². The molecule has 1 amide bonds. The maximum Gasteiger partial charge on any atom is 0.223 e. The van der Waals surface area contributed by atoms with Crippen LogP contribution in [0.5, 0.6) is 0 Å². The third kappa shape index (κ3) is 3.15. The van der Waals surface area contributed by atoms with Crippen molar-refractivity contribution in [2.75, 3.05) is 7.05 Å². The van der Waals surface area contributed by atoms with Crippen LogP contribution in [-0.2, 0) is 4.79 Å². The molecule has 1 aliphatic rings. The summed E-state index contributed by atoms with van der Waals surface area (Å²) in [5.74, 6) is 1.69. The van der Waals surface area contributed by atoms with Crippen molar-refractivity contribution < 1.29 is 9.21 Å². The van der Waals surface area contributed by atoms with Gasteiger partial charge in [-0.2, -0.15) is 0 Å². The minimum atomic E-state index is 0.0242. The highest BCUT2D eigenvalue weighted by atomic mass is 16.3. The van der Waals surface area contributed by atoms with Crippen LogP contribution >= 0.6 is 0 Å². The van der Waals surface area contributed by atoms with E-state index in [9.17, 15) is 4.79 Å². The van der Waals surface area contributed by atoms with Crippen LogP contribution < -0.4 is 0 Å². The summed E-state index contributed by atoms with van der Waals surface area (Å²) in [7, 11) is 1.87. The molecule has 1 unspecified atom stereocenters. The van der Waals surface area contributed by atoms with E-state index in [0.717, 1.165) is 5.76 Å². The first-order valence-electron chi connectivity index (χ1n) is 6.97. The summed E-state index contributed by atoms with van der Waals surface area (Å²) in [4.78, 5) is 14.0. The first-order valence-corrected chi connectivity index (χ1v) is 6.97. The SMILES string of the molecule is CC(c1ccco1)N(C)C(=O)CC1CCCCC1. The van der Waals surface area contributed by atoms with Gasteiger partial charge in [0.2, 0.25) is 5.91 Å². The fourth-order valence-corrected chi connectivity index (χ4v) is 2.72. The zero-order chi connectivity index (χ0) is 13.0. The van der Waals surface area contributed by atoms with Crippen molar-refractivity contribution in [1.29, 1.82) is 0 Å². The predicted octanol–water partition coefficient (Wildman–Crippen LogP) is 3.77. The second kappa shape index (κ2) is 6.07. The highest BCUT2D eigenvalue weighted by Crippen LogP contribution is 2.28. The van der Waals surface area contributed by atoms with Crippen molar-refractivity contribution >= 4 is 5.91 Å². The fourth-order valence-electron chi connectivity index (χ4n) is 2.72. The Morgan fingerprint density at radius 3 is 2.78 bits per heavy atom. The number of hydrogen-bond donors (Lipinski definition) is 0. The highest BCUT2D eigenvalue weighted by molar-refractivity contribution is 5.76. The molecule has 18 heavy (non-hydrogen) atoms. The molecule has 1 saturated carbocycles. The van der Waals surface area contributed by atoms with Crippen LogP contribution in [-0.4, -0.2) is 17.9 Å². The van der Waals surface area contributed by atoms with E-state index in [-0.39, 0.29) is 11.9 Å². The molecule has 100 valence electrons. The quantitative estimate of drug-likeness (QED) is 0.814. The predicted molar refractivity (Wildman–Crippen MR) is 71.1 cm³/mol. The highest BCUT2D eigenvalue weighted by Gasteiger charge is 2.23. The topological polar surface area (TPSA) is 33.5 Å². The standard InChI is InChI=1S/C15H23NO2/c1-12(14-9-6-10-18-14)16(2)15(17)11-13-7-4-3-5-8-13/h6,9-10,12-13H,3-5,7-8,11H2,1-2H3. The van der Waals surface area contributed by atoms with Crippen molar-refractivity contribution in [2.24, 2.45) is 5.92 Å². The molecule has 1 heterocycles. The number of rotatable bonds is 4. The second-order valence-electron chi connectivity index (χ2n) is 5.40. The number of nitrogens with zero attached hydrogens (tertiary/aromatic N) is 1. The Morgan fingerprint density at radius 2 is 2.17 bits per heavy atom. The fraction of sp³-hybridized carbons (Fsp3) is 0.667. The van der Waals surface area contributed by atoms with Gasteiger partial charge >= 0.3 is 0 Å². The molecule has 0 N–H and O–H groups in total. The van der Waals surface area contributed by atoms with Gasteiger partial charge in [-0.15, -0.1) is 0 Å². The minimum Gasteiger partial charge on any atom is -0.467 e. The van der Waals surface area contributed by atoms with Crippen molar-refractivity contribution in [3.05, 3.63) is 24.2 Å². The summed E-state index contributed by atoms with van der Waals surface area (Å²) in [5.41, 5.74) is 0. The molecule has 0 radical (unpaired) electrons. The van der Waals surface area contributed by atoms with E-state index in [4.69, 9.17) is 4.42 Å². The average Bonchev–Trinajstić information content (AvgIpc) is 2.92. The molecule has 1 atom stereocenters. The normalized spacial score (nSPS) is 18.6. The summed E-state index contributed by atoms with van der Waals surface area (Å²) in [6.07, 6.45) is 8.70. The van der Waals surface area contributed by atoms with Gasteiger partial charge in [-0.05, 0) is 37.8 Å². The second-order valence-corrected chi connectivity index (χ2v) is 5.40. The molecule has 1 fully saturated rings. The molecule has 3 heteroatoms. The Morgan fingerprint density at radius 1 is 1.44 bits per heavy atom. The van der Waals surface area contributed by atoms with Gasteiger partial charge < -0.3 is 9.32 Å². The molecule has 0 aliphatic heterocycles. The molecular formula is C15H23NO2. The van der Waals surface area contributed by atoms with E-state index in [1.807, 2.05) is 31.0 Å². The molecule has 0 saturated heterocycles. The molecular weight excluding hydrogens is 226 g/mol. The Balaban J connectivity index is 1.87. The Kier molecular flexibility index (Phi) is 4.45. The maximum atomic E-state index is 12.2. The molecule has 1 aromatic heterocycles. The van der Waals surface area contributed by atoms with Gasteiger partial charge in [0, 0.05) is 13.5 Å². The molecule has 0 bridgehead atoms. The van der Waals surface area contributed by atoms with Crippen LogP contribution in [0.1, 0.15) is 57.3 Å². The smallest absolute Gasteiger partial charge is 0.223 e. The monoisotopic (exact) mass is 249 g/mol. The van der Waals surface area contributed by atoms with Crippen LogP contribution in [0.4, 0.5) is 0 Å². The molecule has 0 spiro atoms. The van der Waals surface area contributed by atoms with E-state index in [0.29, 0.717) is 12.3 Å². The molecule has 1 aromatic rings. The minimum absolute atomic E-state index is 0.0242. The third-order valence-corrected chi connectivity index (χ3v) is 4.12. The van der Waals surface area contributed by atoms with Crippen molar-refractivity contribution in [3.63, 3.8) is 0 Å². The van der Waals surface area contributed by atoms with Gasteiger partial charge in [-0.3, -0.25) is 4.79 Å². The first kappa shape index (κ1) is 13.2. The zero-order valence-corrected chi connectivity index (χ0v) is 11.4. The van der Waals surface area contributed by atoms with E-state index in [1.165, 1.54) is 32.1 Å². The zero-order valence-electron chi connectivity index (χ0n) is 11.4.